The van der Waals surface area contributed by atoms with Crippen molar-refractivity contribution in [1.29, 1.82) is 0 Å². The third kappa shape index (κ3) is 4.02. The number of nitrogens with zero attached hydrogens (tertiary/aromatic N) is 1. The highest BCUT2D eigenvalue weighted by Gasteiger charge is 2.26. The van der Waals surface area contributed by atoms with Crippen molar-refractivity contribution in [3.8, 4) is 0 Å². The highest BCUT2D eigenvalue weighted by molar-refractivity contribution is 5.94. The highest BCUT2D eigenvalue weighted by Crippen LogP contribution is 2.16. The minimum Gasteiger partial charge on any atom is -0.481 e. The maximum Gasteiger partial charge on any atom is 0.306 e. The SMILES string of the molecule is COCc1cc(C(=O)N2CCO[C@H](CC(=O)O)C2)ccc1F. The van der Waals surface area contributed by atoms with Crippen LogP contribution in [0.4, 0.5) is 4.39 Å². The molecule has 0 unspecified atom stereocenters. The molecular formula is C15H18FNO5. The number of morpholine rings is 1. The van der Waals surface area contributed by atoms with E-state index in [1.807, 2.05) is 0 Å². The first-order valence-corrected chi connectivity index (χ1v) is 6.91. The molecule has 1 saturated heterocycles. The number of benzene rings is 1. The zero-order valence-electron chi connectivity index (χ0n) is 12.3. The van der Waals surface area contributed by atoms with Gasteiger partial charge in [0.2, 0.25) is 0 Å². The Hall–Kier alpha value is -1.99. The monoisotopic (exact) mass is 311 g/mol. The highest BCUT2D eigenvalue weighted by atomic mass is 19.1. The van der Waals surface area contributed by atoms with E-state index in [0.717, 1.165) is 0 Å². The maximum absolute atomic E-state index is 13.6. The smallest absolute Gasteiger partial charge is 0.306 e. The van der Waals surface area contributed by atoms with Gasteiger partial charge in [-0.2, -0.15) is 0 Å². The first kappa shape index (κ1) is 16.4. The molecule has 6 nitrogen and oxygen atoms in total. The molecule has 0 spiro atoms. The summed E-state index contributed by atoms with van der Waals surface area (Å²) in [5, 5.41) is 8.79. The van der Waals surface area contributed by atoms with E-state index < -0.39 is 17.9 Å². The quantitative estimate of drug-likeness (QED) is 0.887. The van der Waals surface area contributed by atoms with Crippen molar-refractivity contribution in [3.05, 3.63) is 35.1 Å². The van der Waals surface area contributed by atoms with Crippen molar-refractivity contribution in [1.82, 2.24) is 4.90 Å². The van der Waals surface area contributed by atoms with E-state index in [1.165, 1.54) is 30.2 Å². The van der Waals surface area contributed by atoms with E-state index in [4.69, 9.17) is 14.6 Å². The molecule has 22 heavy (non-hydrogen) atoms. The van der Waals surface area contributed by atoms with Gasteiger partial charge < -0.3 is 19.5 Å². The number of ether oxygens (including phenoxy) is 2. The van der Waals surface area contributed by atoms with Crippen LogP contribution in [0.1, 0.15) is 22.3 Å². The van der Waals surface area contributed by atoms with Crippen molar-refractivity contribution in [2.24, 2.45) is 0 Å². The average molecular weight is 311 g/mol. The fourth-order valence-corrected chi connectivity index (χ4v) is 2.38. The molecule has 1 heterocycles. The molecule has 0 radical (unpaired) electrons. The molecular weight excluding hydrogens is 293 g/mol. The van der Waals surface area contributed by atoms with Crippen LogP contribution in [0.25, 0.3) is 0 Å². The number of carboxylic acids is 1. The molecule has 0 saturated carbocycles. The Labute approximate surface area is 127 Å². The summed E-state index contributed by atoms with van der Waals surface area (Å²) in [6.45, 7) is 0.960. The van der Waals surface area contributed by atoms with Crippen LogP contribution in [0.3, 0.4) is 0 Å². The molecule has 0 aromatic heterocycles. The van der Waals surface area contributed by atoms with E-state index in [2.05, 4.69) is 0 Å². The molecule has 0 aliphatic carbocycles. The number of hydrogen-bond acceptors (Lipinski definition) is 4. The summed E-state index contributed by atoms with van der Waals surface area (Å²) in [5.74, 6) is -1.66. The number of carbonyl (C=O) groups is 2. The Bertz CT molecular complexity index is 563. The van der Waals surface area contributed by atoms with Gasteiger partial charge in [0.15, 0.2) is 0 Å². The Balaban J connectivity index is 2.10. The second-order valence-electron chi connectivity index (χ2n) is 5.08. The van der Waals surface area contributed by atoms with Crippen LogP contribution in [0.15, 0.2) is 18.2 Å². The minimum atomic E-state index is -0.969. The third-order valence-electron chi connectivity index (χ3n) is 3.42. The van der Waals surface area contributed by atoms with Crippen molar-refractivity contribution >= 4 is 11.9 Å². The van der Waals surface area contributed by atoms with Crippen molar-refractivity contribution in [2.45, 2.75) is 19.1 Å². The second-order valence-corrected chi connectivity index (χ2v) is 5.08. The maximum atomic E-state index is 13.6. The van der Waals surface area contributed by atoms with Crippen LogP contribution in [0.5, 0.6) is 0 Å². The van der Waals surface area contributed by atoms with E-state index in [1.54, 1.807) is 0 Å². The van der Waals surface area contributed by atoms with Crippen molar-refractivity contribution < 1.29 is 28.6 Å². The second kappa shape index (κ2) is 7.33. The lowest BCUT2D eigenvalue weighted by Crippen LogP contribution is -2.46. The predicted octanol–water partition coefficient (Wildman–Crippen LogP) is 1.29. The number of methoxy groups -OCH3 is 1. The Morgan fingerprint density at radius 3 is 2.95 bits per heavy atom. The zero-order chi connectivity index (χ0) is 16.1. The predicted molar refractivity (Wildman–Crippen MR) is 75.0 cm³/mol. The van der Waals surface area contributed by atoms with Gasteiger partial charge in [0.25, 0.3) is 5.91 Å². The summed E-state index contributed by atoms with van der Waals surface area (Å²) in [6.07, 6.45) is -0.670. The number of aliphatic carboxylic acids is 1. The first-order chi connectivity index (χ1) is 10.5. The summed E-state index contributed by atoms with van der Waals surface area (Å²) >= 11 is 0. The molecule has 7 heteroatoms. The molecule has 0 bridgehead atoms. The van der Waals surface area contributed by atoms with Crippen LogP contribution in [-0.4, -0.2) is 54.8 Å². The number of halogens is 1. The molecule has 1 aliphatic heterocycles. The number of hydrogen-bond donors (Lipinski definition) is 1. The number of amides is 1. The summed E-state index contributed by atoms with van der Waals surface area (Å²) in [4.78, 5) is 24.7. The average Bonchev–Trinajstić information content (AvgIpc) is 2.48. The van der Waals surface area contributed by atoms with E-state index in [0.29, 0.717) is 17.7 Å². The molecule has 1 aliphatic rings. The van der Waals surface area contributed by atoms with Crippen LogP contribution in [0, 0.1) is 5.82 Å². The topological polar surface area (TPSA) is 76.1 Å². The molecule has 1 aromatic carbocycles. The van der Waals surface area contributed by atoms with Gasteiger partial charge in [0, 0.05) is 31.3 Å². The molecule has 120 valence electrons. The Morgan fingerprint density at radius 2 is 2.27 bits per heavy atom. The van der Waals surface area contributed by atoms with Crippen LogP contribution in [0.2, 0.25) is 0 Å². The lowest BCUT2D eigenvalue weighted by molar-refractivity contribution is -0.141. The number of rotatable bonds is 5. The first-order valence-electron chi connectivity index (χ1n) is 6.91. The molecule has 1 atom stereocenters. The molecule has 1 amide bonds. The Morgan fingerprint density at radius 1 is 1.50 bits per heavy atom. The fraction of sp³-hybridized carbons (Fsp3) is 0.467. The molecule has 1 fully saturated rings. The van der Waals surface area contributed by atoms with E-state index in [9.17, 15) is 14.0 Å². The van der Waals surface area contributed by atoms with Gasteiger partial charge in [-0.25, -0.2) is 4.39 Å². The van der Waals surface area contributed by atoms with Crippen molar-refractivity contribution in [2.75, 3.05) is 26.8 Å². The van der Waals surface area contributed by atoms with Gasteiger partial charge in [-0.3, -0.25) is 9.59 Å². The normalized spacial score (nSPS) is 18.3. The van der Waals surface area contributed by atoms with Crippen LogP contribution >= 0.6 is 0 Å². The van der Waals surface area contributed by atoms with Crippen molar-refractivity contribution in [3.63, 3.8) is 0 Å². The lowest BCUT2D eigenvalue weighted by atomic mass is 10.1. The van der Waals surface area contributed by atoms with Gasteiger partial charge in [0.1, 0.15) is 5.82 Å². The minimum absolute atomic E-state index is 0.0811. The van der Waals surface area contributed by atoms with E-state index >= 15 is 0 Å². The molecule has 1 N–H and O–H groups in total. The standard InChI is InChI=1S/C15H18FNO5/c1-21-9-11-6-10(2-3-13(11)16)15(20)17-4-5-22-12(8-17)7-14(18)19/h2-3,6,12H,4-5,7-9H2,1H3,(H,18,19)/t12-/m1/s1. The van der Waals surface area contributed by atoms with Gasteiger partial charge in [-0.05, 0) is 18.2 Å². The lowest BCUT2D eigenvalue weighted by Gasteiger charge is -2.32. The third-order valence-corrected chi connectivity index (χ3v) is 3.42. The van der Waals surface area contributed by atoms with Crippen LogP contribution in [-0.2, 0) is 20.9 Å². The van der Waals surface area contributed by atoms with Gasteiger partial charge >= 0.3 is 5.97 Å². The summed E-state index contributed by atoms with van der Waals surface area (Å²) in [6, 6.07) is 4.11. The summed E-state index contributed by atoms with van der Waals surface area (Å²) < 4.78 is 23.8. The van der Waals surface area contributed by atoms with Gasteiger partial charge in [-0.1, -0.05) is 0 Å². The fourth-order valence-electron chi connectivity index (χ4n) is 2.38. The molecule has 1 aromatic rings. The summed E-state index contributed by atoms with van der Waals surface area (Å²) in [7, 11) is 1.45. The number of carboxylic acid groups (broad SMARTS) is 1. The number of carbonyl (C=O) groups excluding carboxylic acids is 1. The van der Waals surface area contributed by atoms with Gasteiger partial charge in [0.05, 0.1) is 25.7 Å². The molecule has 2 rings (SSSR count). The van der Waals surface area contributed by atoms with Crippen LogP contribution < -0.4 is 0 Å². The van der Waals surface area contributed by atoms with E-state index in [-0.39, 0.29) is 32.1 Å². The summed E-state index contributed by atoms with van der Waals surface area (Å²) in [5.41, 5.74) is 0.660. The zero-order valence-corrected chi connectivity index (χ0v) is 12.3. The largest absolute Gasteiger partial charge is 0.481 e. The Kier molecular flexibility index (Phi) is 5.46. The van der Waals surface area contributed by atoms with Gasteiger partial charge in [-0.15, -0.1) is 0 Å².